The van der Waals surface area contributed by atoms with Crippen molar-refractivity contribution in [1.82, 2.24) is 10.2 Å². The third-order valence-corrected chi connectivity index (χ3v) is 3.95. The largest absolute Gasteiger partial charge is 0.416 e. The van der Waals surface area contributed by atoms with E-state index in [1.165, 1.54) is 5.56 Å². The van der Waals surface area contributed by atoms with Gasteiger partial charge in [0.15, 0.2) is 0 Å². The lowest BCUT2D eigenvalue weighted by molar-refractivity contribution is 0.582. The molecule has 0 unspecified atom stereocenters. The highest BCUT2D eigenvalue weighted by Crippen LogP contribution is 2.27. The lowest BCUT2D eigenvalue weighted by atomic mass is 9.87. The highest BCUT2D eigenvalue weighted by molar-refractivity contribution is 5.61. The van der Waals surface area contributed by atoms with E-state index >= 15 is 0 Å². The Balaban J connectivity index is 1.83. The van der Waals surface area contributed by atoms with Crippen molar-refractivity contribution in [2.24, 2.45) is 0 Å². The van der Waals surface area contributed by atoms with Crippen LogP contribution >= 0.6 is 0 Å². The van der Waals surface area contributed by atoms with Crippen molar-refractivity contribution in [3.05, 3.63) is 65.7 Å². The molecule has 0 saturated heterocycles. The number of terminal acetylenes is 1. The molecule has 0 bridgehead atoms. The van der Waals surface area contributed by atoms with Gasteiger partial charge in [-0.25, -0.2) is 0 Å². The van der Waals surface area contributed by atoms with E-state index in [0.29, 0.717) is 11.8 Å². The molecule has 1 aromatic heterocycles. The van der Waals surface area contributed by atoms with Crippen LogP contribution in [0.4, 0.5) is 0 Å². The normalized spacial score (nSPS) is 11.6. The van der Waals surface area contributed by atoms with Gasteiger partial charge in [-0.3, -0.25) is 0 Å². The molecule has 124 valence electrons. The summed E-state index contributed by atoms with van der Waals surface area (Å²) in [5.41, 5.74) is 4.21. The number of benzene rings is 2. The van der Waals surface area contributed by atoms with Crippen molar-refractivity contribution in [3.63, 3.8) is 0 Å². The Labute approximate surface area is 148 Å². The predicted molar refractivity (Wildman–Crippen MR) is 102 cm³/mol. The Hall–Kier alpha value is -3.12. The van der Waals surface area contributed by atoms with Gasteiger partial charge in [0, 0.05) is 11.1 Å². The standard InChI is InChI=1S/C22H20N2O/c1-5-6-7-16-8-10-17(11-9-16)20-23-24-21(25-20)18-12-14-19(15-13-18)22(2,3)4/h1,6-15H,2-4H3/b7-6+. The molecule has 0 saturated carbocycles. The Bertz CT molecular complexity index is 918. The number of hydrogen-bond acceptors (Lipinski definition) is 3. The summed E-state index contributed by atoms with van der Waals surface area (Å²) in [6.45, 7) is 6.57. The van der Waals surface area contributed by atoms with Gasteiger partial charge < -0.3 is 4.42 Å². The molecule has 0 aliphatic carbocycles. The van der Waals surface area contributed by atoms with Crippen molar-refractivity contribution in [1.29, 1.82) is 0 Å². The van der Waals surface area contributed by atoms with Crippen LogP contribution in [-0.2, 0) is 5.41 Å². The molecule has 3 nitrogen and oxygen atoms in total. The summed E-state index contributed by atoms with van der Waals surface area (Å²) < 4.78 is 5.83. The summed E-state index contributed by atoms with van der Waals surface area (Å²) in [6.07, 6.45) is 8.76. The first-order valence-corrected chi connectivity index (χ1v) is 8.15. The van der Waals surface area contributed by atoms with Crippen LogP contribution in [0.25, 0.3) is 29.0 Å². The zero-order chi connectivity index (χ0) is 17.9. The van der Waals surface area contributed by atoms with Gasteiger partial charge in [-0.2, -0.15) is 0 Å². The van der Waals surface area contributed by atoms with Crippen molar-refractivity contribution < 1.29 is 4.42 Å². The third kappa shape index (κ3) is 3.87. The van der Waals surface area contributed by atoms with E-state index in [-0.39, 0.29) is 5.41 Å². The van der Waals surface area contributed by atoms with Gasteiger partial charge in [0.25, 0.3) is 0 Å². The summed E-state index contributed by atoms with van der Waals surface area (Å²) in [4.78, 5) is 0. The van der Waals surface area contributed by atoms with E-state index in [1.54, 1.807) is 6.08 Å². The van der Waals surface area contributed by atoms with Gasteiger partial charge in [0.1, 0.15) is 0 Å². The van der Waals surface area contributed by atoms with Crippen molar-refractivity contribution in [2.75, 3.05) is 0 Å². The lowest BCUT2D eigenvalue weighted by Gasteiger charge is -2.18. The zero-order valence-electron chi connectivity index (χ0n) is 14.7. The van der Waals surface area contributed by atoms with Crippen LogP contribution < -0.4 is 0 Å². The maximum absolute atomic E-state index is 5.83. The number of rotatable bonds is 3. The minimum absolute atomic E-state index is 0.119. The van der Waals surface area contributed by atoms with E-state index in [9.17, 15) is 0 Å². The Morgan fingerprint density at radius 3 is 1.88 bits per heavy atom. The first-order chi connectivity index (χ1) is 12.0. The van der Waals surface area contributed by atoms with Gasteiger partial charge in [0.2, 0.25) is 11.8 Å². The van der Waals surface area contributed by atoms with Crippen LogP contribution in [0.1, 0.15) is 31.9 Å². The Morgan fingerprint density at radius 1 is 0.880 bits per heavy atom. The van der Waals surface area contributed by atoms with Crippen LogP contribution in [-0.4, -0.2) is 10.2 Å². The number of allylic oxidation sites excluding steroid dienone is 1. The summed E-state index contributed by atoms with van der Waals surface area (Å²) in [7, 11) is 0. The highest BCUT2D eigenvalue weighted by Gasteiger charge is 2.15. The SMILES string of the molecule is C#C/C=C/c1ccc(-c2nnc(-c3ccc(C(C)(C)C)cc3)o2)cc1. The summed E-state index contributed by atoms with van der Waals surface area (Å²) in [6, 6.07) is 16.1. The molecule has 3 aromatic rings. The molecule has 0 aliphatic rings. The molecule has 0 N–H and O–H groups in total. The van der Waals surface area contributed by atoms with E-state index in [4.69, 9.17) is 10.8 Å². The van der Waals surface area contributed by atoms with Crippen LogP contribution in [0.15, 0.2) is 59.0 Å². The van der Waals surface area contributed by atoms with E-state index in [0.717, 1.165) is 16.7 Å². The second-order valence-corrected chi connectivity index (χ2v) is 6.86. The molecule has 0 spiro atoms. The molecule has 25 heavy (non-hydrogen) atoms. The Morgan fingerprint density at radius 2 is 1.40 bits per heavy atom. The van der Waals surface area contributed by atoms with E-state index in [2.05, 4.69) is 49.0 Å². The Kier molecular flexibility index (Phi) is 4.54. The minimum Gasteiger partial charge on any atom is -0.416 e. The number of aromatic nitrogens is 2. The fourth-order valence-corrected chi connectivity index (χ4v) is 2.45. The predicted octanol–water partition coefficient (Wildman–Crippen LogP) is 5.35. The zero-order valence-corrected chi connectivity index (χ0v) is 14.7. The van der Waals surface area contributed by atoms with E-state index < -0.39 is 0 Å². The first-order valence-electron chi connectivity index (χ1n) is 8.15. The smallest absolute Gasteiger partial charge is 0.248 e. The van der Waals surface area contributed by atoms with Crippen LogP contribution in [0.5, 0.6) is 0 Å². The molecule has 0 fully saturated rings. The molecule has 0 radical (unpaired) electrons. The van der Waals surface area contributed by atoms with Crippen LogP contribution in [0.3, 0.4) is 0 Å². The maximum Gasteiger partial charge on any atom is 0.248 e. The van der Waals surface area contributed by atoms with Gasteiger partial charge in [0.05, 0.1) is 0 Å². The van der Waals surface area contributed by atoms with Crippen molar-refractivity contribution >= 4 is 6.08 Å². The molecular weight excluding hydrogens is 308 g/mol. The van der Waals surface area contributed by atoms with E-state index in [1.807, 2.05) is 42.5 Å². The summed E-state index contributed by atoms with van der Waals surface area (Å²) in [5.74, 6) is 3.50. The van der Waals surface area contributed by atoms with Crippen molar-refractivity contribution in [3.8, 4) is 35.3 Å². The maximum atomic E-state index is 5.83. The molecule has 0 aliphatic heterocycles. The minimum atomic E-state index is 0.119. The fourth-order valence-electron chi connectivity index (χ4n) is 2.45. The summed E-state index contributed by atoms with van der Waals surface area (Å²) >= 11 is 0. The summed E-state index contributed by atoms with van der Waals surface area (Å²) in [5, 5.41) is 8.33. The monoisotopic (exact) mass is 328 g/mol. The lowest BCUT2D eigenvalue weighted by Crippen LogP contribution is -2.10. The molecule has 2 aromatic carbocycles. The third-order valence-electron chi connectivity index (χ3n) is 3.95. The number of hydrogen-bond donors (Lipinski definition) is 0. The molecule has 3 heteroatoms. The quantitative estimate of drug-likeness (QED) is 0.609. The van der Waals surface area contributed by atoms with Crippen LogP contribution in [0, 0.1) is 12.3 Å². The first kappa shape index (κ1) is 16.7. The molecular formula is C22H20N2O. The molecule has 0 atom stereocenters. The molecule has 3 rings (SSSR count). The molecule has 1 heterocycles. The molecule has 0 amide bonds. The second-order valence-electron chi connectivity index (χ2n) is 6.86. The second kappa shape index (κ2) is 6.78. The van der Waals surface area contributed by atoms with Crippen LogP contribution in [0.2, 0.25) is 0 Å². The fraction of sp³-hybridized carbons (Fsp3) is 0.182. The average Bonchev–Trinajstić information content (AvgIpc) is 3.10. The topological polar surface area (TPSA) is 38.9 Å². The van der Waals surface area contributed by atoms with Gasteiger partial charge in [-0.05, 0) is 53.0 Å². The number of nitrogens with zero attached hydrogens (tertiary/aromatic N) is 2. The van der Waals surface area contributed by atoms with Gasteiger partial charge >= 0.3 is 0 Å². The van der Waals surface area contributed by atoms with Crippen molar-refractivity contribution in [2.45, 2.75) is 26.2 Å². The van der Waals surface area contributed by atoms with Gasteiger partial charge in [-0.15, -0.1) is 16.6 Å². The highest BCUT2D eigenvalue weighted by atomic mass is 16.4. The van der Waals surface area contributed by atoms with Gasteiger partial charge in [-0.1, -0.05) is 51.0 Å². The average molecular weight is 328 g/mol.